The highest BCUT2D eigenvalue weighted by Crippen LogP contribution is 2.42. The molecule has 4 fully saturated rings. The van der Waals surface area contributed by atoms with Gasteiger partial charge in [0, 0.05) is 103 Å². The lowest BCUT2D eigenvalue weighted by molar-refractivity contribution is -0.162. The highest BCUT2D eigenvalue weighted by molar-refractivity contribution is 7.10. The fourth-order valence-electron chi connectivity index (χ4n) is 13.2. The van der Waals surface area contributed by atoms with Crippen LogP contribution in [0.25, 0.3) is 0 Å². The van der Waals surface area contributed by atoms with Crippen molar-refractivity contribution in [3.05, 3.63) is 244 Å². The van der Waals surface area contributed by atoms with E-state index in [1.807, 2.05) is 0 Å². The summed E-state index contributed by atoms with van der Waals surface area (Å²) in [6.45, 7) is 10.1. The van der Waals surface area contributed by atoms with E-state index in [0.717, 1.165) is 81.0 Å². The number of aryl methyl sites for hydroxylation is 4. The summed E-state index contributed by atoms with van der Waals surface area (Å²) in [6, 6.07) is 26.2. The van der Waals surface area contributed by atoms with E-state index in [0.29, 0.717) is 58.2 Å². The number of aliphatic hydroxyl groups is 3. The minimum Gasteiger partial charge on any atom is -0.393 e. The number of halogens is 14. The summed E-state index contributed by atoms with van der Waals surface area (Å²) in [4.78, 5) is 115. The van der Waals surface area contributed by atoms with Gasteiger partial charge in [0.1, 0.15) is 23.3 Å². The van der Waals surface area contributed by atoms with Crippen molar-refractivity contribution in [2.75, 3.05) is 73.6 Å². The van der Waals surface area contributed by atoms with Crippen LogP contribution in [0.4, 0.5) is 75.4 Å². The molecule has 0 radical (unpaired) electrons. The maximum Gasteiger partial charge on any atom is 0.358 e. The molecule has 7 aromatic carbocycles. The molecular formula is C84H83Cl2F12N9O12S. The molecular weight excluding hydrogens is 1660 g/mol. The number of piperidine rings is 3. The van der Waals surface area contributed by atoms with Crippen LogP contribution in [0.2, 0.25) is 10.0 Å². The summed E-state index contributed by atoms with van der Waals surface area (Å²) < 4.78 is 173. The van der Waals surface area contributed by atoms with Gasteiger partial charge in [-0.05, 0) is 228 Å². The molecule has 4 atom stereocenters. The Bertz CT molecular complexity index is 5040. The van der Waals surface area contributed by atoms with E-state index in [1.165, 1.54) is 111 Å². The minimum atomic E-state index is -3.96. The number of hydrogen-bond acceptors (Lipinski definition) is 13. The number of benzene rings is 7. The second-order valence-electron chi connectivity index (χ2n) is 29.4. The minimum absolute atomic E-state index is 0.00163. The van der Waals surface area contributed by atoms with Crippen LogP contribution >= 0.6 is 34.5 Å². The molecule has 4 aliphatic heterocycles. The maximum absolute atomic E-state index is 15.1. The van der Waals surface area contributed by atoms with Crippen LogP contribution in [0, 0.1) is 62.8 Å². The van der Waals surface area contributed by atoms with Crippen molar-refractivity contribution >= 4 is 110 Å². The fraction of sp³-hybridized carbons (Fsp3) is 0.345. The number of rotatable bonds is 17. The van der Waals surface area contributed by atoms with Gasteiger partial charge in [-0.25, -0.2) is 17.6 Å². The first-order valence-electron chi connectivity index (χ1n) is 37.5. The van der Waals surface area contributed by atoms with Crippen molar-refractivity contribution in [3.63, 3.8) is 0 Å². The predicted octanol–water partition coefficient (Wildman–Crippen LogP) is 15.4. The van der Waals surface area contributed by atoms with Crippen molar-refractivity contribution in [2.24, 2.45) is 17.6 Å². The molecule has 640 valence electrons. The van der Waals surface area contributed by atoms with Gasteiger partial charge in [-0.15, -0.1) is 11.3 Å². The van der Waals surface area contributed by atoms with Crippen LogP contribution < -0.4 is 27.0 Å². The van der Waals surface area contributed by atoms with E-state index in [4.69, 9.17) is 28.9 Å². The maximum atomic E-state index is 15.1. The Morgan fingerprint density at radius 1 is 0.400 bits per heavy atom. The largest absolute Gasteiger partial charge is 0.393 e. The normalized spacial score (nSPS) is 17.1. The molecule has 4 saturated heterocycles. The number of alkyl halides is 8. The van der Waals surface area contributed by atoms with Gasteiger partial charge in [-0.1, -0.05) is 43.1 Å². The first-order valence-corrected chi connectivity index (χ1v) is 39.1. The van der Waals surface area contributed by atoms with Crippen LogP contribution in [0.5, 0.6) is 0 Å². The number of amides is 9. The molecule has 0 unspecified atom stereocenters. The highest BCUT2D eigenvalue weighted by atomic mass is 35.5. The van der Waals surface area contributed by atoms with Gasteiger partial charge >= 0.3 is 23.7 Å². The lowest BCUT2D eigenvalue weighted by Crippen LogP contribution is -2.50. The zero-order valence-electron chi connectivity index (χ0n) is 65.1. The number of nitrogens with one attached hydrogen (secondary N) is 4. The van der Waals surface area contributed by atoms with Gasteiger partial charge in [0.05, 0.1) is 55.5 Å². The number of carbonyl (C=O) groups excluding carboxylic acids is 9. The number of carbonyl (C=O) groups is 9. The van der Waals surface area contributed by atoms with E-state index in [2.05, 4.69) is 21.3 Å². The summed E-state index contributed by atoms with van der Waals surface area (Å²) in [5.41, 5.74) is 4.20. The molecule has 9 amide bonds. The van der Waals surface area contributed by atoms with E-state index < -0.39 is 146 Å². The third-order valence-corrected chi connectivity index (χ3v) is 22.1. The van der Waals surface area contributed by atoms with Crippen molar-refractivity contribution in [3.8, 4) is 0 Å². The second-order valence-corrected chi connectivity index (χ2v) is 31.1. The first-order chi connectivity index (χ1) is 56.3. The Labute approximate surface area is 694 Å². The molecule has 9 N–H and O–H groups in total. The Kier molecular flexibility index (Phi) is 30.3. The van der Waals surface area contributed by atoms with Crippen molar-refractivity contribution in [1.82, 2.24) is 19.6 Å². The number of hydrogen-bond donors (Lipinski definition) is 8. The molecule has 0 spiro atoms. The lowest BCUT2D eigenvalue weighted by Gasteiger charge is -2.36. The number of primary amides is 1. The number of aliphatic hydroxyl groups excluding tert-OH is 3. The van der Waals surface area contributed by atoms with Crippen LogP contribution in [0.1, 0.15) is 148 Å². The van der Waals surface area contributed by atoms with Crippen molar-refractivity contribution < 1.29 is 111 Å². The Morgan fingerprint density at radius 2 is 0.733 bits per heavy atom. The summed E-state index contributed by atoms with van der Waals surface area (Å²) >= 11 is 12.6. The average Bonchev–Trinajstić information content (AvgIpc) is 1.03. The third-order valence-electron chi connectivity index (χ3n) is 20.4. The molecule has 36 heteroatoms. The van der Waals surface area contributed by atoms with E-state index >= 15 is 26.3 Å². The second kappa shape index (κ2) is 39.1. The predicted molar refractivity (Wildman–Crippen MR) is 424 cm³/mol. The Balaban J connectivity index is 0.000000183. The van der Waals surface area contributed by atoms with E-state index in [1.54, 1.807) is 20.8 Å². The molecule has 0 saturated carbocycles. The van der Waals surface area contributed by atoms with Crippen molar-refractivity contribution in [2.45, 2.75) is 122 Å². The van der Waals surface area contributed by atoms with Gasteiger partial charge in [0.15, 0.2) is 0 Å². The molecule has 5 heterocycles. The Morgan fingerprint density at radius 3 is 1.12 bits per heavy atom. The SMILES string of the molecule is Cc1cc(NC(=O)c2ccc(Cl)c(C(F)(F)C(=O)N3CC[C@@H](O)[C@@H](C)C3)c2)ccc1F.Cc1cc(NC(=O)c2ccc(Cl)c(C(F)(F)C(=O)N3CC[C@H](O)[C@H](C)C3)c2)ccc1F.Cc1cc(NC(=O)c2csc(C(F)(F)C(=O)N3CCCC3)c2)ccc1F.Cc1ccc(C(=O)Nc2ccc(F)c(C(N)=O)c2)cc1C(F)(F)C(=O)N1CCC(O)CC1. The van der Waals surface area contributed by atoms with Gasteiger partial charge in [0.25, 0.3) is 53.2 Å². The summed E-state index contributed by atoms with van der Waals surface area (Å²) in [5.74, 6) is -27.6. The monoisotopic (exact) mass is 1740 g/mol. The topological polar surface area (TPSA) is 301 Å². The Hall–Kier alpha value is -10.9. The molecule has 8 aromatic rings. The van der Waals surface area contributed by atoms with Crippen LogP contribution in [0.3, 0.4) is 0 Å². The molecule has 4 aliphatic rings. The highest BCUT2D eigenvalue weighted by Gasteiger charge is 2.51. The molecule has 120 heavy (non-hydrogen) atoms. The number of anilines is 4. The zero-order valence-corrected chi connectivity index (χ0v) is 67.5. The number of nitrogens with zero attached hydrogens (tertiary/aromatic N) is 4. The van der Waals surface area contributed by atoms with Gasteiger partial charge in [-0.3, -0.25) is 43.2 Å². The smallest absolute Gasteiger partial charge is 0.358 e. The van der Waals surface area contributed by atoms with Crippen molar-refractivity contribution in [1.29, 1.82) is 0 Å². The zero-order chi connectivity index (χ0) is 88.4. The number of nitrogens with two attached hydrogens (primary N) is 1. The van der Waals surface area contributed by atoms with Crippen LogP contribution in [-0.4, -0.2) is 159 Å². The molecule has 12 rings (SSSR count). The van der Waals surface area contributed by atoms with Crippen LogP contribution in [0.15, 0.2) is 139 Å². The fourth-order valence-corrected chi connectivity index (χ4v) is 14.5. The first kappa shape index (κ1) is 93.0. The number of thiophene rings is 1. The number of likely N-dealkylation sites (tertiary alicyclic amines) is 4. The van der Waals surface area contributed by atoms with E-state index in [-0.39, 0.29) is 120 Å². The van der Waals surface area contributed by atoms with Crippen LogP contribution in [-0.2, 0) is 42.9 Å². The third kappa shape index (κ3) is 22.4. The lowest BCUT2D eigenvalue weighted by atomic mass is 9.95. The molecule has 1 aromatic heterocycles. The molecule has 0 bridgehead atoms. The van der Waals surface area contributed by atoms with Gasteiger partial charge in [0.2, 0.25) is 0 Å². The summed E-state index contributed by atoms with van der Waals surface area (Å²) in [6.07, 6.45) is 0.359. The average molecular weight is 1740 g/mol. The summed E-state index contributed by atoms with van der Waals surface area (Å²) in [7, 11) is 0. The van der Waals surface area contributed by atoms with Gasteiger partial charge < -0.3 is 61.9 Å². The standard InChI is InChI=1S/2C22H22ClF3N2O3.C22H22F3N3O4.C18H17F3N2O2S/c2*1-12-9-15(4-6-18(12)24)27-20(30)14-3-5-17(23)16(10-14)22(25,26)21(31)28-8-7-19(29)13(2)11-28;1-12-2-3-13(20(31)27-14-4-5-18(23)16(11-14)19(26)30)10-17(12)22(24,25)21(32)28-8-6-15(29)7-9-28;1-11-8-13(4-5-14(11)19)22-16(24)12-9-15(26-10-12)18(20,21)17(25)23-6-2-3-7-23/h2*3-6,9-10,13,19,29H,7-8,11H2,1-2H3,(H,27,30);2-5,10-11,15,29H,6-9H2,1H3,(H2,26,30)(H,27,31);4-5,8-10H,2-3,6-7H2,1H3,(H,22,24)/t2*13-,19+;;/m10../s1. The molecule has 0 aliphatic carbocycles. The van der Waals surface area contributed by atoms with E-state index in [9.17, 15) is 84.8 Å². The quantitative estimate of drug-likeness (QED) is 0.0395. The van der Waals surface area contributed by atoms with Gasteiger partial charge in [-0.2, -0.15) is 35.1 Å². The summed E-state index contributed by atoms with van der Waals surface area (Å²) in [5, 5.41) is 39.6. The molecule has 21 nitrogen and oxygen atoms in total.